The third-order valence-corrected chi connectivity index (χ3v) is 7.54. The molecule has 2 aromatic carbocycles. The minimum atomic E-state index is -0.493. The molecule has 1 N–H and O–H groups in total. The molecule has 2 heterocycles. The van der Waals surface area contributed by atoms with Crippen LogP contribution in [0.1, 0.15) is 26.6 Å². The lowest BCUT2D eigenvalue weighted by molar-refractivity contribution is -0.113. The first-order valence-electron chi connectivity index (χ1n) is 11.2. The zero-order valence-electron chi connectivity index (χ0n) is 20.4. The molecular formula is C26H26N4O4S2. The van der Waals surface area contributed by atoms with Crippen molar-refractivity contribution in [1.29, 1.82) is 0 Å². The number of thioether (sulfide) groups is 1. The van der Waals surface area contributed by atoms with E-state index in [0.717, 1.165) is 27.3 Å². The number of nitrogens with zero attached hydrogens (tertiary/aromatic N) is 3. The summed E-state index contributed by atoms with van der Waals surface area (Å²) in [4.78, 5) is 26.4. The van der Waals surface area contributed by atoms with E-state index in [0.29, 0.717) is 21.5 Å². The number of thiophene rings is 1. The molecule has 2 aromatic heterocycles. The van der Waals surface area contributed by atoms with Gasteiger partial charge in [0.15, 0.2) is 11.0 Å². The molecule has 10 heteroatoms. The van der Waals surface area contributed by atoms with Crippen molar-refractivity contribution in [2.75, 3.05) is 18.2 Å². The summed E-state index contributed by atoms with van der Waals surface area (Å²) in [6.45, 7) is 4.17. The van der Waals surface area contributed by atoms with Crippen LogP contribution in [0.2, 0.25) is 0 Å². The highest BCUT2D eigenvalue weighted by atomic mass is 32.2. The van der Waals surface area contributed by atoms with Gasteiger partial charge in [-0.05, 0) is 31.0 Å². The number of ether oxygens (including phenoxy) is 2. The molecule has 0 saturated carbocycles. The zero-order chi connectivity index (χ0) is 25.7. The summed E-state index contributed by atoms with van der Waals surface area (Å²) in [6, 6.07) is 17.3. The van der Waals surface area contributed by atoms with E-state index < -0.39 is 5.97 Å². The summed E-state index contributed by atoms with van der Waals surface area (Å²) in [5, 5.41) is 12.3. The van der Waals surface area contributed by atoms with Crippen molar-refractivity contribution in [1.82, 2.24) is 14.8 Å². The molecule has 0 radical (unpaired) electrons. The molecule has 0 fully saturated rings. The molecule has 0 saturated heterocycles. The zero-order valence-corrected chi connectivity index (χ0v) is 22.0. The Morgan fingerprint density at radius 3 is 2.50 bits per heavy atom. The molecule has 4 rings (SSSR count). The van der Waals surface area contributed by atoms with E-state index in [1.807, 2.05) is 75.5 Å². The topological polar surface area (TPSA) is 95.3 Å². The highest BCUT2D eigenvalue weighted by molar-refractivity contribution is 7.99. The number of hydrogen-bond acceptors (Lipinski definition) is 8. The SMILES string of the molecule is COC(=O)c1c(NC(=O)CSc2nnc(COc3ccccc3C)n2C)sc(C)c1-c1ccccc1. The number of esters is 1. The minimum absolute atomic E-state index is 0.100. The predicted octanol–water partition coefficient (Wildman–Crippen LogP) is 5.26. The molecule has 186 valence electrons. The second kappa shape index (κ2) is 11.4. The summed E-state index contributed by atoms with van der Waals surface area (Å²) in [5.74, 6) is 0.787. The lowest BCUT2D eigenvalue weighted by atomic mass is 10.0. The van der Waals surface area contributed by atoms with Gasteiger partial charge in [0.05, 0.1) is 12.9 Å². The Labute approximate surface area is 217 Å². The third kappa shape index (κ3) is 5.60. The molecule has 0 spiro atoms. The van der Waals surface area contributed by atoms with Crippen LogP contribution in [0.3, 0.4) is 0 Å². The molecule has 0 atom stereocenters. The Balaban J connectivity index is 1.43. The number of amides is 1. The normalized spacial score (nSPS) is 10.8. The number of anilines is 1. The number of benzene rings is 2. The monoisotopic (exact) mass is 522 g/mol. The maximum absolute atomic E-state index is 12.8. The van der Waals surface area contributed by atoms with Crippen molar-refractivity contribution in [2.45, 2.75) is 25.6 Å². The van der Waals surface area contributed by atoms with Gasteiger partial charge in [-0.3, -0.25) is 4.79 Å². The Kier molecular flexibility index (Phi) is 8.07. The molecule has 0 aliphatic heterocycles. The number of aromatic nitrogens is 3. The van der Waals surface area contributed by atoms with Gasteiger partial charge in [0.25, 0.3) is 0 Å². The maximum Gasteiger partial charge on any atom is 0.341 e. The van der Waals surface area contributed by atoms with Gasteiger partial charge >= 0.3 is 5.97 Å². The van der Waals surface area contributed by atoms with Crippen molar-refractivity contribution < 1.29 is 19.1 Å². The summed E-state index contributed by atoms with van der Waals surface area (Å²) in [5.41, 5.74) is 3.05. The van der Waals surface area contributed by atoms with Gasteiger partial charge in [0.1, 0.15) is 22.9 Å². The maximum atomic E-state index is 12.8. The van der Waals surface area contributed by atoms with Gasteiger partial charge in [0, 0.05) is 17.5 Å². The predicted molar refractivity (Wildman–Crippen MR) is 142 cm³/mol. The van der Waals surface area contributed by atoms with E-state index in [2.05, 4.69) is 15.5 Å². The first-order chi connectivity index (χ1) is 17.4. The van der Waals surface area contributed by atoms with Gasteiger partial charge in [-0.15, -0.1) is 21.5 Å². The molecule has 1 amide bonds. The van der Waals surface area contributed by atoms with Crippen molar-refractivity contribution in [3.05, 3.63) is 76.4 Å². The number of hydrogen-bond donors (Lipinski definition) is 1. The number of methoxy groups -OCH3 is 1. The van der Waals surface area contributed by atoms with Crippen molar-refractivity contribution >= 4 is 40.0 Å². The lowest BCUT2D eigenvalue weighted by Gasteiger charge is -2.09. The van der Waals surface area contributed by atoms with Crippen LogP contribution in [-0.2, 0) is 23.2 Å². The fourth-order valence-corrected chi connectivity index (χ4v) is 5.44. The van der Waals surface area contributed by atoms with Crippen molar-refractivity contribution in [3.8, 4) is 16.9 Å². The van der Waals surface area contributed by atoms with Gasteiger partial charge in [0.2, 0.25) is 5.91 Å². The third-order valence-electron chi connectivity index (χ3n) is 5.50. The highest BCUT2D eigenvalue weighted by Crippen LogP contribution is 2.40. The standard InChI is InChI=1S/C26H26N4O4S2/c1-16-10-8-9-13-19(16)34-14-20-28-29-26(30(20)3)35-15-21(31)27-24-23(25(32)33-4)22(17(2)36-24)18-11-6-5-7-12-18/h5-13H,14-15H2,1-4H3,(H,27,31). The van der Waals surface area contributed by atoms with Crippen molar-refractivity contribution in [3.63, 3.8) is 0 Å². The Morgan fingerprint density at radius 1 is 1.06 bits per heavy atom. The average Bonchev–Trinajstić information content (AvgIpc) is 3.40. The summed E-state index contributed by atoms with van der Waals surface area (Å²) >= 11 is 2.61. The number of para-hydroxylation sites is 1. The number of aryl methyl sites for hydroxylation is 2. The molecule has 0 aliphatic rings. The van der Waals surface area contributed by atoms with Crippen LogP contribution in [0.5, 0.6) is 5.75 Å². The number of rotatable bonds is 9. The quantitative estimate of drug-likeness (QED) is 0.237. The molecule has 0 unspecified atom stereocenters. The fraction of sp³-hybridized carbons (Fsp3) is 0.231. The van der Waals surface area contributed by atoms with Crippen LogP contribution in [0, 0.1) is 13.8 Å². The van der Waals surface area contributed by atoms with E-state index in [1.54, 1.807) is 4.57 Å². The summed E-state index contributed by atoms with van der Waals surface area (Å²) in [6.07, 6.45) is 0. The van der Waals surface area contributed by atoms with Gasteiger partial charge in [-0.2, -0.15) is 0 Å². The molecule has 8 nitrogen and oxygen atoms in total. The van der Waals surface area contributed by atoms with Gasteiger partial charge in [-0.1, -0.05) is 60.3 Å². The fourth-order valence-electron chi connectivity index (χ4n) is 3.63. The Bertz CT molecular complexity index is 1380. The summed E-state index contributed by atoms with van der Waals surface area (Å²) in [7, 11) is 3.17. The smallest absolute Gasteiger partial charge is 0.341 e. The van der Waals surface area contributed by atoms with Gasteiger partial charge in [-0.25, -0.2) is 4.79 Å². The largest absolute Gasteiger partial charge is 0.485 e. The Morgan fingerprint density at radius 2 is 1.78 bits per heavy atom. The minimum Gasteiger partial charge on any atom is -0.485 e. The first kappa shape index (κ1) is 25.5. The molecule has 0 bridgehead atoms. The van der Waals surface area contributed by atoms with E-state index in [-0.39, 0.29) is 18.3 Å². The van der Waals surface area contributed by atoms with E-state index in [4.69, 9.17) is 9.47 Å². The molecular weight excluding hydrogens is 496 g/mol. The van der Waals surface area contributed by atoms with Crippen LogP contribution in [0.4, 0.5) is 5.00 Å². The molecule has 4 aromatic rings. The van der Waals surface area contributed by atoms with Crippen LogP contribution in [0.25, 0.3) is 11.1 Å². The van der Waals surface area contributed by atoms with Crippen LogP contribution < -0.4 is 10.1 Å². The lowest BCUT2D eigenvalue weighted by Crippen LogP contribution is -2.16. The van der Waals surface area contributed by atoms with Crippen LogP contribution >= 0.6 is 23.1 Å². The van der Waals surface area contributed by atoms with E-state index >= 15 is 0 Å². The van der Waals surface area contributed by atoms with E-state index in [1.165, 1.54) is 30.2 Å². The number of nitrogens with one attached hydrogen (secondary N) is 1. The second-order valence-electron chi connectivity index (χ2n) is 7.94. The van der Waals surface area contributed by atoms with Gasteiger partial charge < -0.3 is 19.4 Å². The van der Waals surface area contributed by atoms with Crippen LogP contribution in [0.15, 0.2) is 59.8 Å². The molecule has 36 heavy (non-hydrogen) atoms. The Hall–Kier alpha value is -3.63. The molecule has 0 aliphatic carbocycles. The summed E-state index contributed by atoms with van der Waals surface area (Å²) < 4.78 is 12.7. The number of carbonyl (C=O) groups excluding carboxylic acids is 2. The van der Waals surface area contributed by atoms with Crippen molar-refractivity contribution in [2.24, 2.45) is 7.05 Å². The van der Waals surface area contributed by atoms with Crippen LogP contribution in [-0.4, -0.2) is 39.5 Å². The first-order valence-corrected chi connectivity index (χ1v) is 13.0. The average molecular weight is 523 g/mol. The highest BCUT2D eigenvalue weighted by Gasteiger charge is 2.25. The number of carbonyl (C=O) groups is 2. The second-order valence-corrected chi connectivity index (χ2v) is 10.1. The van der Waals surface area contributed by atoms with E-state index in [9.17, 15) is 9.59 Å².